The molecule has 0 aromatic rings. The largest absolute Gasteiger partial charge is 0.464 e. The molecule has 4 atom stereocenters. The highest BCUT2D eigenvalue weighted by Crippen LogP contribution is 2.25. The van der Waals surface area contributed by atoms with Crippen molar-refractivity contribution in [2.75, 3.05) is 73.4 Å². The standard InChI is InChI=1S/C53H92N2O9/c1-5-7-9-11-13-15-17-19-21-23-25-27-29-31-33-35-37-63-53(58)48-42-47(64-52(57)46-54-44-49(61-40-38-59-3)50(45-54)62-41-39-60-4)43-55(48)51(56)36-34-32-30-28-26-24-22-20-18-16-14-12-10-8-6-2/h13-16,19-22,47-50H,5-12,17-18,23-46H2,1-4H3/b15-13-,16-14-,21-19-,22-20-. The summed E-state index contributed by atoms with van der Waals surface area (Å²) in [5.41, 5.74) is 0. The molecule has 0 aromatic heterocycles. The fraction of sp³-hybridized carbons (Fsp3) is 0.792. The van der Waals surface area contributed by atoms with Crippen LogP contribution in [0.2, 0.25) is 0 Å². The molecule has 2 aliphatic rings. The monoisotopic (exact) mass is 901 g/mol. The molecule has 2 fully saturated rings. The number of hydrogen-bond acceptors (Lipinski definition) is 10. The third kappa shape index (κ3) is 28.9. The number of likely N-dealkylation sites (tertiary alicyclic amines) is 2. The van der Waals surface area contributed by atoms with Crippen LogP contribution in [0.5, 0.6) is 0 Å². The highest BCUT2D eigenvalue weighted by Gasteiger charge is 2.42. The van der Waals surface area contributed by atoms with Crippen molar-refractivity contribution in [1.82, 2.24) is 9.80 Å². The molecule has 368 valence electrons. The van der Waals surface area contributed by atoms with E-state index in [1.807, 2.05) is 4.90 Å². The molecule has 0 aromatic carbocycles. The van der Waals surface area contributed by atoms with Crippen molar-refractivity contribution in [2.45, 2.75) is 199 Å². The van der Waals surface area contributed by atoms with E-state index in [0.717, 1.165) is 77.0 Å². The van der Waals surface area contributed by atoms with E-state index in [2.05, 4.69) is 62.5 Å². The first-order valence-electron chi connectivity index (χ1n) is 25.6. The maximum Gasteiger partial charge on any atom is 0.329 e. The fourth-order valence-electron chi connectivity index (χ4n) is 8.21. The van der Waals surface area contributed by atoms with Gasteiger partial charge in [-0.1, -0.05) is 133 Å². The summed E-state index contributed by atoms with van der Waals surface area (Å²) in [5.74, 6) is -0.873. The average Bonchev–Trinajstić information content (AvgIpc) is 3.89. The summed E-state index contributed by atoms with van der Waals surface area (Å²) >= 11 is 0. The van der Waals surface area contributed by atoms with Crippen LogP contribution in [-0.2, 0) is 42.8 Å². The Bertz CT molecular complexity index is 1270. The summed E-state index contributed by atoms with van der Waals surface area (Å²) in [6.45, 7) is 7.89. The molecule has 2 rings (SSSR count). The molecule has 4 unspecified atom stereocenters. The third-order valence-corrected chi connectivity index (χ3v) is 12.0. The van der Waals surface area contributed by atoms with Crippen LogP contribution in [0, 0.1) is 0 Å². The number of allylic oxidation sites excluding steroid dienone is 8. The van der Waals surface area contributed by atoms with Gasteiger partial charge in [0.05, 0.1) is 58.3 Å². The Morgan fingerprint density at radius 3 is 1.50 bits per heavy atom. The zero-order valence-electron chi connectivity index (χ0n) is 41.0. The van der Waals surface area contributed by atoms with Crippen LogP contribution in [0.4, 0.5) is 0 Å². The van der Waals surface area contributed by atoms with E-state index in [1.165, 1.54) is 70.6 Å². The Morgan fingerprint density at radius 2 is 1.00 bits per heavy atom. The van der Waals surface area contributed by atoms with Crippen molar-refractivity contribution in [3.8, 4) is 0 Å². The number of carbonyl (C=O) groups is 3. The molecule has 0 bridgehead atoms. The molecule has 0 radical (unpaired) electrons. The first-order chi connectivity index (χ1) is 31.4. The number of amides is 1. The van der Waals surface area contributed by atoms with Crippen LogP contribution in [-0.4, -0.2) is 125 Å². The Hall–Kier alpha value is -2.83. The first-order valence-corrected chi connectivity index (χ1v) is 25.6. The highest BCUT2D eigenvalue weighted by molar-refractivity contribution is 5.85. The SMILES string of the molecule is CCCCC/C=C\C/C=C\CCCCCCCCOC(=O)C1CC(OC(=O)CN2CC(OCCOC)C(OCCOC)C2)CN1C(=O)CCCCCCC/C=C\C/C=C\CCCCC. The maximum absolute atomic E-state index is 13.6. The number of nitrogens with zero attached hydrogens (tertiary/aromatic N) is 2. The van der Waals surface area contributed by atoms with Gasteiger partial charge in [-0.3, -0.25) is 14.5 Å². The first kappa shape index (κ1) is 57.3. The molecule has 64 heavy (non-hydrogen) atoms. The molecule has 11 heteroatoms. The van der Waals surface area contributed by atoms with E-state index >= 15 is 0 Å². The second-order valence-corrected chi connectivity index (χ2v) is 17.6. The van der Waals surface area contributed by atoms with E-state index in [-0.39, 0.29) is 37.6 Å². The summed E-state index contributed by atoms with van der Waals surface area (Å²) in [4.78, 5) is 44.0. The highest BCUT2D eigenvalue weighted by atomic mass is 16.6. The van der Waals surface area contributed by atoms with Gasteiger partial charge in [-0.2, -0.15) is 0 Å². The Balaban J connectivity index is 1.79. The Kier molecular flexibility index (Phi) is 36.2. The zero-order chi connectivity index (χ0) is 46.1. The van der Waals surface area contributed by atoms with Crippen molar-refractivity contribution in [1.29, 1.82) is 0 Å². The van der Waals surface area contributed by atoms with E-state index in [9.17, 15) is 14.4 Å². The van der Waals surface area contributed by atoms with Crippen LogP contribution in [0.1, 0.15) is 174 Å². The maximum atomic E-state index is 13.6. The van der Waals surface area contributed by atoms with Gasteiger partial charge in [0, 0.05) is 40.2 Å². The molecule has 2 aliphatic heterocycles. The van der Waals surface area contributed by atoms with Gasteiger partial charge in [0.25, 0.3) is 0 Å². The predicted molar refractivity (Wildman–Crippen MR) is 259 cm³/mol. The van der Waals surface area contributed by atoms with Crippen LogP contribution in [0.15, 0.2) is 48.6 Å². The summed E-state index contributed by atoms with van der Waals surface area (Å²) in [7, 11) is 3.26. The number of ether oxygens (including phenoxy) is 6. The van der Waals surface area contributed by atoms with Gasteiger partial charge in [0.15, 0.2) is 0 Å². The molecule has 1 amide bonds. The molecule has 0 saturated carbocycles. The predicted octanol–water partition coefficient (Wildman–Crippen LogP) is 11.0. The van der Waals surface area contributed by atoms with Gasteiger partial charge in [0.2, 0.25) is 5.91 Å². The Morgan fingerprint density at radius 1 is 0.531 bits per heavy atom. The van der Waals surface area contributed by atoms with Crippen LogP contribution in [0.25, 0.3) is 0 Å². The lowest BCUT2D eigenvalue weighted by atomic mass is 10.1. The quantitative estimate of drug-likeness (QED) is 0.0334. The average molecular weight is 901 g/mol. The molecular weight excluding hydrogens is 809 g/mol. The minimum atomic E-state index is -0.753. The van der Waals surface area contributed by atoms with E-state index < -0.39 is 24.1 Å². The van der Waals surface area contributed by atoms with Crippen LogP contribution >= 0.6 is 0 Å². The van der Waals surface area contributed by atoms with E-state index in [0.29, 0.717) is 52.5 Å². The van der Waals surface area contributed by atoms with Gasteiger partial charge in [-0.25, -0.2) is 4.79 Å². The van der Waals surface area contributed by atoms with Crippen molar-refractivity contribution in [2.24, 2.45) is 0 Å². The summed E-state index contributed by atoms with van der Waals surface area (Å²) < 4.78 is 34.0. The van der Waals surface area contributed by atoms with Gasteiger partial charge in [-0.05, 0) is 77.0 Å². The lowest BCUT2D eigenvalue weighted by Crippen LogP contribution is -2.41. The minimum Gasteiger partial charge on any atom is -0.464 e. The zero-order valence-corrected chi connectivity index (χ0v) is 41.0. The number of unbranched alkanes of at least 4 members (excludes halogenated alkanes) is 17. The molecule has 2 heterocycles. The minimum absolute atomic E-state index is 0.0628. The van der Waals surface area contributed by atoms with Crippen molar-refractivity contribution in [3.05, 3.63) is 48.6 Å². The van der Waals surface area contributed by atoms with Gasteiger partial charge >= 0.3 is 11.9 Å². The van der Waals surface area contributed by atoms with E-state index in [1.54, 1.807) is 19.1 Å². The second-order valence-electron chi connectivity index (χ2n) is 17.6. The number of methoxy groups -OCH3 is 2. The molecule has 0 N–H and O–H groups in total. The lowest BCUT2D eigenvalue weighted by Gasteiger charge is -2.23. The topological polar surface area (TPSA) is 113 Å². The number of hydrogen-bond donors (Lipinski definition) is 0. The Labute approximate surface area is 390 Å². The fourth-order valence-corrected chi connectivity index (χ4v) is 8.21. The summed E-state index contributed by atoms with van der Waals surface area (Å²) in [6.07, 6.45) is 43.8. The molecular formula is C53H92N2O9. The molecule has 2 saturated heterocycles. The summed E-state index contributed by atoms with van der Waals surface area (Å²) in [5, 5.41) is 0. The smallest absolute Gasteiger partial charge is 0.329 e. The van der Waals surface area contributed by atoms with Gasteiger partial charge in [-0.15, -0.1) is 0 Å². The number of carbonyl (C=O) groups excluding carboxylic acids is 3. The van der Waals surface area contributed by atoms with Crippen LogP contribution in [0.3, 0.4) is 0 Å². The van der Waals surface area contributed by atoms with Crippen LogP contribution < -0.4 is 0 Å². The van der Waals surface area contributed by atoms with Crippen molar-refractivity contribution < 1.29 is 42.8 Å². The third-order valence-electron chi connectivity index (χ3n) is 12.0. The van der Waals surface area contributed by atoms with Gasteiger partial charge in [0.1, 0.15) is 12.1 Å². The van der Waals surface area contributed by atoms with E-state index in [4.69, 9.17) is 28.4 Å². The number of esters is 2. The molecule has 11 nitrogen and oxygen atoms in total. The van der Waals surface area contributed by atoms with Crippen molar-refractivity contribution >= 4 is 17.8 Å². The second kappa shape index (κ2) is 40.4. The molecule has 0 spiro atoms. The lowest BCUT2D eigenvalue weighted by molar-refractivity contribution is -0.153. The van der Waals surface area contributed by atoms with Crippen molar-refractivity contribution in [3.63, 3.8) is 0 Å². The van der Waals surface area contributed by atoms with Gasteiger partial charge < -0.3 is 33.3 Å². The summed E-state index contributed by atoms with van der Waals surface area (Å²) in [6, 6.07) is -0.753. The molecule has 0 aliphatic carbocycles. The normalized spacial score (nSPS) is 19.4. The number of rotatable bonds is 41.